The molecule has 5 nitrogen and oxygen atoms in total. The second kappa shape index (κ2) is 5.53. The van der Waals surface area contributed by atoms with E-state index < -0.39 is 0 Å². The molecule has 1 atom stereocenters. The van der Waals surface area contributed by atoms with Gasteiger partial charge in [0.1, 0.15) is 11.9 Å². The number of hydrogen-bond acceptors (Lipinski definition) is 3. The van der Waals surface area contributed by atoms with Crippen LogP contribution in [0.4, 0.5) is 5.69 Å². The molecule has 0 saturated heterocycles. The highest BCUT2D eigenvalue weighted by Crippen LogP contribution is 2.22. The first-order valence-electron chi connectivity index (χ1n) is 6.92. The number of imidazole rings is 1. The topological polar surface area (TPSA) is 72.9 Å². The molecule has 0 aliphatic carbocycles. The summed E-state index contributed by atoms with van der Waals surface area (Å²) in [7, 11) is 0. The molecule has 108 valence electrons. The van der Waals surface area contributed by atoms with Crippen LogP contribution in [0.15, 0.2) is 18.2 Å². The minimum absolute atomic E-state index is 0.0120. The Bertz CT molecular complexity index is 630. The monoisotopic (exact) mass is 274 g/mol. The van der Waals surface area contributed by atoms with Crippen molar-refractivity contribution in [1.29, 1.82) is 0 Å². The highest BCUT2D eigenvalue weighted by atomic mass is 16.2. The summed E-state index contributed by atoms with van der Waals surface area (Å²) in [5.41, 5.74) is 8.21. The molecule has 3 N–H and O–H groups in total. The van der Waals surface area contributed by atoms with E-state index in [4.69, 9.17) is 5.73 Å². The number of anilines is 1. The molecule has 1 heterocycles. The van der Waals surface area contributed by atoms with Gasteiger partial charge in [0.05, 0.1) is 11.0 Å². The maximum absolute atomic E-state index is 12.2. The van der Waals surface area contributed by atoms with Crippen molar-refractivity contribution in [3.63, 3.8) is 0 Å². The first-order valence-corrected chi connectivity index (χ1v) is 6.92. The van der Waals surface area contributed by atoms with E-state index in [1.165, 1.54) is 0 Å². The van der Waals surface area contributed by atoms with Crippen molar-refractivity contribution in [2.75, 3.05) is 12.3 Å². The summed E-state index contributed by atoms with van der Waals surface area (Å²) in [4.78, 5) is 16.7. The Kier molecular flexibility index (Phi) is 3.97. The van der Waals surface area contributed by atoms with Crippen molar-refractivity contribution >= 4 is 22.6 Å². The predicted octanol–water partition coefficient (Wildman–Crippen LogP) is 2.26. The number of hydrogen-bond donors (Lipinski definition) is 2. The van der Waals surface area contributed by atoms with Crippen molar-refractivity contribution in [2.24, 2.45) is 5.92 Å². The molecule has 2 aromatic rings. The van der Waals surface area contributed by atoms with Crippen molar-refractivity contribution < 1.29 is 4.79 Å². The number of carbonyl (C=O) groups is 1. The summed E-state index contributed by atoms with van der Waals surface area (Å²) >= 11 is 0. The third kappa shape index (κ3) is 2.76. The Labute approximate surface area is 119 Å². The Morgan fingerprint density at radius 3 is 2.75 bits per heavy atom. The highest BCUT2D eigenvalue weighted by molar-refractivity contribution is 5.85. The van der Waals surface area contributed by atoms with Gasteiger partial charge in [-0.2, -0.15) is 0 Å². The van der Waals surface area contributed by atoms with Crippen LogP contribution in [0.5, 0.6) is 0 Å². The van der Waals surface area contributed by atoms with E-state index in [-0.39, 0.29) is 11.9 Å². The van der Waals surface area contributed by atoms with Crippen LogP contribution >= 0.6 is 0 Å². The zero-order valence-corrected chi connectivity index (χ0v) is 12.5. The van der Waals surface area contributed by atoms with Gasteiger partial charge in [-0.3, -0.25) is 4.79 Å². The molecule has 1 aromatic carbocycles. The van der Waals surface area contributed by atoms with Crippen LogP contribution in [-0.2, 0) is 4.79 Å². The van der Waals surface area contributed by atoms with E-state index in [1.54, 1.807) is 0 Å². The molecule has 0 aliphatic rings. The van der Waals surface area contributed by atoms with Crippen LogP contribution in [0.25, 0.3) is 11.0 Å². The molecule has 5 heteroatoms. The highest BCUT2D eigenvalue weighted by Gasteiger charge is 2.19. The second-order valence-corrected chi connectivity index (χ2v) is 5.59. The molecule has 1 aromatic heterocycles. The molecule has 2 rings (SSSR count). The van der Waals surface area contributed by atoms with Crippen LogP contribution in [0.2, 0.25) is 0 Å². The predicted molar refractivity (Wildman–Crippen MR) is 81.4 cm³/mol. The number of nitrogens with two attached hydrogens (primary N) is 1. The maximum atomic E-state index is 12.2. The quantitative estimate of drug-likeness (QED) is 0.840. The van der Waals surface area contributed by atoms with Gasteiger partial charge in [-0.05, 0) is 38.0 Å². The standard InChI is InChI=1S/C15H22N4O/c1-9(2)8-17-15(20)10(3)19-11(4)18-13-7-12(16)5-6-14(13)19/h5-7,9-10H,8,16H2,1-4H3,(H,17,20). The minimum atomic E-state index is -0.289. The average molecular weight is 274 g/mol. The van der Waals surface area contributed by atoms with Crippen LogP contribution < -0.4 is 11.1 Å². The lowest BCUT2D eigenvalue weighted by atomic mass is 10.2. The summed E-state index contributed by atoms with van der Waals surface area (Å²) in [6.45, 7) is 8.63. The molecule has 20 heavy (non-hydrogen) atoms. The van der Waals surface area contributed by atoms with Gasteiger partial charge >= 0.3 is 0 Å². The van der Waals surface area contributed by atoms with Gasteiger partial charge in [0.25, 0.3) is 0 Å². The van der Waals surface area contributed by atoms with Gasteiger partial charge < -0.3 is 15.6 Å². The Morgan fingerprint density at radius 2 is 2.10 bits per heavy atom. The number of amides is 1. The fourth-order valence-corrected chi connectivity index (χ4v) is 2.29. The van der Waals surface area contributed by atoms with Crippen molar-refractivity contribution in [3.8, 4) is 0 Å². The van der Waals surface area contributed by atoms with Gasteiger partial charge in [-0.1, -0.05) is 13.8 Å². The zero-order valence-electron chi connectivity index (χ0n) is 12.5. The lowest BCUT2D eigenvalue weighted by Crippen LogP contribution is -2.33. The van der Waals surface area contributed by atoms with Crippen molar-refractivity contribution in [1.82, 2.24) is 14.9 Å². The number of aromatic nitrogens is 2. The first kappa shape index (κ1) is 14.4. The van der Waals surface area contributed by atoms with Crippen LogP contribution in [0.3, 0.4) is 0 Å². The molecule has 1 amide bonds. The Hall–Kier alpha value is -2.04. The molecule has 0 aliphatic heterocycles. The molecule has 0 bridgehead atoms. The smallest absolute Gasteiger partial charge is 0.242 e. The summed E-state index contributed by atoms with van der Waals surface area (Å²) in [5, 5.41) is 2.96. The normalized spacial score (nSPS) is 12.8. The van der Waals surface area contributed by atoms with E-state index in [9.17, 15) is 4.79 Å². The lowest BCUT2D eigenvalue weighted by molar-refractivity contribution is -0.123. The van der Waals surface area contributed by atoms with Gasteiger partial charge in [0.2, 0.25) is 5.91 Å². The molecule has 0 saturated carbocycles. The Balaban J connectivity index is 2.32. The van der Waals surface area contributed by atoms with Crippen molar-refractivity contribution in [2.45, 2.75) is 33.7 Å². The van der Waals surface area contributed by atoms with E-state index >= 15 is 0 Å². The van der Waals surface area contributed by atoms with Gasteiger partial charge in [0.15, 0.2) is 0 Å². The summed E-state index contributed by atoms with van der Waals surface area (Å²) in [5.74, 6) is 1.27. The Morgan fingerprint density at radius 1 is 1.40 bits per heavy atom. The number of nitrogens with zero attached hydrogens (tertiary/aromatic N) is 2. The van der Waals surface area contributed by atoms with E-state index in [0.717, 1.165) is 16.9 Å². The molecule has 0 spiro atoms. The third-order valence-electron chi connectivity index (χ3n) is 3.34. The molecular formula is C15H22N4O. The number of fused-ring (bicyclic) bond motifs is 1. The van der Waals surface area contributed by atoms with Gasteiger partial charge in [0, 0.05) is 12.2 Å². The van der Waals surface area contributed by atoms with Crippen molar-refractivity contribution in [3.05, 3.63) is 24.0 Å². The fourth-order valence-electron chi connectivity index (χ4n) is 2.29. The minimum Gasteiger partial charge on any atom is -0.399 e. The second-order valence-electron chi connectivity index (χ2n) is 5.59. The van der Waals surface area contributed by atoms with E-state index in [1.807, 2.05) is 36.6 Å². The first-order chi connectivity index (χ1) is 9.40. The summed E-state index contributed by atoms with van der Waals surface area (Å²) in [6.07, 6.45) is 0. The lowest BCUT2D eigenvalue weighted by Gasteiger charge is -2.17. The van der Waals surface area contributed by atoms with Crippen LogP contribution in [-0.4, -0.2) is 22.0 Å². The van der Waals surface area contributed by atoms with Crippen LogP contribution in [0.1, 0.15) is 32.6 Å². The van der Waals surface area contributed by atoms with Crippen LogP contribution in [0, 0.1) is 12.8 Å². The number of carbonyl (C=O) groups excluding carboxylic acids is 1. The molecule has 0 fully saturated rings. The molecular weight excluding hydrogens is 252 g/mol. The summed E-state index contributed by atoms with van der Waals surface area (Å²) in [6, 6.07) is 5.29. The maximum Gasteiger partial charge on any atom is 0.242 e. The number of nitrogen functional groups attached to an aromatic ring is 1. The number of benzene rings is 1. The SMILES string of the molecule is Cc1nc2cc(N)ccc2n1C(C)C(=O)NCC(C)C. The fraction of sp³-hybridized carbons (Fsp3) is 0.467. The zero-order chi connectivity index (χ0) is 14.9. The van der Waals surface area contributed by atoms with Gasteiger partial charge in [-0.15, -0.1) is 0 Å². The van der Waals surface area contributed by atoms with E-state index in [2.05, 4.69) is 24.1 Å². The third-order valence-corrected chi connectivity index (χ3v) is 3.34. The average Bonchev–Trinajstić information content (AvgIpc) is 2.69. The van der Waals surface area contributed by atoms with E-state index in [0.29, 0.717) is 18.2 Å². The largest absolute Gasteiger partial charge is 0.399 e. The number of rotatable bonds is 4. The number of aryl methyl sites for hydroxylation is 1. The molecule has 1 unspecified atom stereocenters. The number of nitrogens with one attached hydrogen (secondary N) is 1. The van der Waals surface area contributed by atoms with Gasteiger partial charge in [-0.25, -0.2) is 4.98 Å². The molecule has 0 radical (unpaired) electrons. The summed E-state index contributed by atoms with van der Waals surface area (Å²) < 4.78 is 1.95.